The summed E-state index contributed by atoms with van der Waals surface area (Å²) in [6.45, 7) is 7.93. The average Bonchev–Trinajstić information content (AvgIpc) is 3.08. The monoisotopic (exact) mass is 245 g/mol. The van der Waals surface area contributed by atoms with Crippen molar-refractivity contribution in [1.29, 1.82) is 0 Å². The molecule has 1 aliphatic carbocycles. The van der Waals surface area contributed by atoms with Crippen molar-refractivity contribution < 1.29 is 14.2 Å². The van der Waals surface area contributed by atoms with Gasteiger partial charge in [-0.25, -0.2) is 0 Å². The molecule has 0 bridgehead atoms. The van der Waals surface area contributed by atoms with Gasteiger partial charge in [0.25, 0.3) is 0 Å². The van der Waals surface area contributed by atoms with E-state index in [1.165, 1.54) is 12.8 Å². The second-order valence-corrected chi connectivity index (χ2v) is 5.10. The highest BCUT2D eigenvalue weighted by atomic mass is 16.5. The van der Waals surface area contributed by atoms with Crippen LogP contribution in [0.1, 0.15) is 26.7 Å². The summed E-state index contributed by atoms with van der Waals surface area (Å²) in [5.74, 6) is 0.585. The zero-order valence-electron chi connectivity index (χ0n) is 11.4. The Morgan fingerprint density at radius 3 is 2.53 bits per heavy atom. The summed E-state index contributed by atoms with van der Waals surface area (Å²) < 4.78 is 16.4. The average molecular weight is 245 g/mol. The highest BCUT2D eigenvalue weighted by Gasteiger charge is 2.22. The Bertz CT molecular complexity index is 184. The van der Waals surface area contributed by atoms with Crippen molar-refractivity contribution >= 4 is 0 Å². The Balaban J connectivity index is 1.97. The molecule has 0 aromatic carbocycles. The second kappa shape index (κ2) is 8.86. The first-order valence-electron chi connectivity index (χ1n) is 6.64. The molecule has 1 rings (SSSR count). The van der Waals surface area contributed by atoms with Crippen LogP contribution in [0, 0.1) is 5.92 Å². The molecule has 0 aliphatic heterocycles. The van der Waals surface area contributed by atoms with E-state index < -0.39 is 0 Å². The fourth-order valence-corrected chi connectivity index (χ4v) is 1.53. The third-order valence-corrected chi connectivity index (χ3v) is 2.60. The molecular formula is C13H27NO3. The van der Waals surface area contributed by atoms with E-state index in [9.17, 15) is 0 Å². The van der Waals surface area contributed by atoms with Crippen molar-refractivity contribution in [2.24, 2.45) is 5.92 Å². The van der Waals surface area contributed by atoms with Gasteiger partial charge in [0, 0.05) is 26.3 Å². The molecule has 1 unspecified atom stereocenters. The maximum atomic E-state index is 5.73. The van der Waals surface area contributed by atoms with Gasteiger partial charge in [-0.2, -0.15) is 0 Å². The summed E-state index contributed by atoms with van der Waals surface area (Å²) in [5.41, 5.74) is 0. The topological polar surface area (TPSA) is 39.7 Å². The van der Waals surface area contributed by atoms with Crippen LogP contribution in [0.4, 0.5) is 0 Å². The summed E-state index contributed by atoms with van der Waals surface area (Å²) in [6.07, 6.45) is 2.75. The number of ether oxygens (including phenoxy) is 3. The minimum atomic E-state index is 0.142. The number of methoxy groups -OCH3 is 1. The van der Waals surface area contributed by atoms with Crippen LogP contribution in [-0.2, 0) is 14.2 Å². The van der Waals surface area contributed by atoms with Crippen molar-refractivity contribution in [2.75, 3.05) is 40.1 Å². The fraction of sp³-hybridized carbons (Fsp3) is 1.00. The molecule has 17 heavy (non-hydrogen) atoms. The molecule has 0 spiro atoms. The van der Waals surface area contributed by atoms with Crippen LogP contribution in [0.5, 0.6) is 0 Å². The van der Waals surface area contributed by atoms with Crippen LogP contribution in [0.25, 0.3) is 0 Å². The van der Waals surface area contributed by atoms with Crippen LogP contribution < -0.4 is 5.32 Å². The van der Waals surface area contributed by atoms with Gasteiger partial charge in [-0.3, -0.25) is 0 Å². The molecule has 0 aromatic heterocycles. The highest BCUT2D eigenvalue weighted by Crippen LogP contribution is 2.18. The highest BCUT2D eigenvalue weighted by molar-refractivity contribution is 4.82. The van der Waals surface area contributed by atoms with Crippen LogP contribution in [-0.4, -0.2) is 52.2 Å². The molecule has 0 saturated heterocycles. The van der Waals surface area contributed by atoms with Crippen LogP contribution in [0.15, 0.2) is 0 Å². The van der Waals surface area contributed by atoms with Crippen molar-refractivity contribution in [1.82, 2.24) is 5.32 Å². The van der Waals surface area contributed by atoms with Gasteiger partial charge in [-0.05, 0) is 18.8 Å². The first-order chi connectivity index (χ1) is 8.22. The van der Waals surface area contributed by atoms with Gasteiger partial charge < -0.3 is 19.5 Å². The van der Waals surface area contributed by atoms with E-state index in [2.05, 4.69) is 19.2 Å². The van der Waals surface area contributed by atoms with E-state index in [0.29, 0.717) is 25.7 Å². The van der Waals surface area contributed by atoms with Crippen molar-refractivity contribution in [3.8, 4) is 0 Å². The van der Waals surface area contributed by atoms with E-state index in [-0.39, 0.29) is 6.10 Å². The summed E-state index contributed by atoms with van der Waals surface area (Å²) in [6, 6.07) is 0.718. The second-order valence-electron chi connectivity index (χ2n) is 5.10. The number of rotatable bonds is 11. The Labute approximate surface area is 105 Å². The number of hydrogen-bond donors (Lipinski definition) is 1. The normalized spacial score (nSPS) is 17.6. The Morgan fingerprint density at radius 1 is 1.18 bits per heavy atom. The third kappa shape index (κ3) is 8.55. The lowest BCUT2D eigenvalue weighted by Crippen LogP contribution is -2.34. The standard InChI is InChI=1S/C13H27NO3/c1-11(2)9-16-6-7-17-13(10-15-3)8-14-12-4-5-12/h11-14H,4-10H2,1-3H3. The minimum Gasteiger partial charge on any atom is -0.382 e. The smallest absolute Gasteiger partial charge is 0.0933 e. The fourth-order valence-electron chi connectivity index (χ4n) is 1.53. The van der Waals surface area contributed by atoms with Gasteiger partial charge in [0.2, 0.25) is 0 Å². The predicted octanol–water partition coefficient (Wildman–Crippen LogP) is 1.44. The number of hydrogen-bond acceptors (Lipinski definition) is 4. The molecule has 1 N–H and O–H groups in total. The number of nitrogens with one attached hydrogen (secondary N) is 1. The lowest BCUT2D eigenvalue weighted by molar-refractivity contribution is -0.0303. The molecule has 1 aliphatic rings. The van der Waals surface area contributed by atoms with Crippen molar-refractivity contribution in [3.63, 3.8) is 0 Å². The molecule has 0 heterocycles. The minimum absolute atomic E-state index is 0.142. The molecule has 0 radical (unpaired) electrons. The zero-order chi connectivity index (χ0) is 12.5. The summed E-state index contributed by atoms with van der Waals surface area (Å²) in [4.78, 5) is 0. The van der Waals surface area contributed by atoms with Crippen molar-refractivity contribution in [2.45, 2.75) is 38.8 Å². The first-order valence-corrected chi connectivity index (χ1v) is 6.64. The molecule has 4 nitrogen and oxygen atoms in total. The Hall–Kier alpha value is -0.160. The predicted molar refractivity (Wildman–Crippen MR) is 68.3 cm³/mol. The van der Waals surface area contributed by atoms with Gasteiger partial charge in [0.15, 0.2) is 0 Å². The Morgan fingerprint density at radius 2 is 1.94 bits per heavy atom. The van der Waals surface area contributed by atoms with Gasteiger partial charge >= 0.3 is 0 Å². The van der Waals surface area contributed by atoms with Crippen molar-refractivity contribution in [3.05, 3.63) is 0 Å². The van der Waals surface area contributed by atoms with E-state index in [4.69, 9.17) is 14.2 Å². The lowest BCUT2D eigenvalue weighted by Gasteiger charge is -2.18. The Kier molecular flexibility index (Phi) is 7.77. The summed E-state index contributed by atoms with van der Waals surface area (Å²) in [5, 5.41) is 3.45. The molecule has 1 saturated carbocycles. The molecule has 1 atom stereocenters. The molecule has 0 amide bonds. The lowest BCUT2D eigenvalue weighted by atomic mass is 10.2. The molecular weight excluding hydrogens is 218 g/mol. The summed E-state index contributed by atoms with van der Waals surface area (Å²) >= 11 is 0. The van der Waals surface area contributed by atoms with Gasteiger partial charge in [0.05, 0.1) is 25.9 Å². The van der Waals surface area contributed by atoms with Gasteiger partial charge in [-0.15, -0.1) is 0 Å². The van der Waals surface area contributed by atoms with Gasteiger partial charge in [-0.1, -0.05) is 13.8 Å². The largest absolute Gasteiger partial charge is 0.382 e. The maximum Gasteiger partial charge on any atom is 0.0933 e. The third-order valence-electron chi connectivity index (χ3n) is 2.60. The van der Waals surface area contributed by atoms with Gasteiger partial charge in [0.1, 0.15) is 0 Å². The molecule has 102 valence electrons. The maximum absolute atomic E-state index is 5.73. The molecule has 1 fully saturated rings. The van der Waals surface area contributed by atoms with E-state index in [1.54, 1.807) is 7.11 Å². The van der Waals surface area contributed by atoms with E-state index in [0.717, 1.165) is 19.2 Å². The molecule has 4 heteroatoms. The zero-order valence-corrected chi connectivity index (χ0v) is 11.4. The summed E-state index contributed by atoms with van der Waals surface area (Å²) in [7, 11) is 1.71. The van der Waals surface area contributed by atoms with E-state index in [1.807, 2.05) is 0 Å². The van der Waals surface area contributed by atoms with Crippen LogP contribution in [0.2, 0.25) is 0 Å². The quantitative estimate of drug-likeness (QED) is 0.559. The first kappa shape index (κ1) is 14.9. The van der Waals surface area contributed by atoms with E-state index >= 15 is 0 Å². The van der Waals surface area contributed by atoms with Crippen LogP contribution in [0.3, 0.4) is 0 Å². The van der Waals surface area contributed by atoms with Crippen LogP contribution >= 0.6 is 0 Å². The SMILES string of the molecule is COCC(CNC1CC1)OCCOCC(C)C. The molecule has 0 aromatic rings.